The number of benzene rings is 1. The molecular formula is C13H19N3O3. The van der Waals surface area contributed by atoms with Gasteiger partial charge in [0, 0.05) is 30.3 Å². The van der Waals surface area contributed by atoms with Crippen LogP contribution in [0.5, 0.6) is 0 Å². The van der Waals surface area contributed by atoms with E-state index in [-0.39, 0.29) is 11.6 Å². The highest BCUT2D eigenvalue weighted by Gasteiger charge is 2.14. The molecule has 0 saturated carbocycles. The van der Waals surface area contributed by atoms with Crippen LogP contribution >= 0.6 is 0 Å². The summed E-state index contributed by atoms with van der Waals surface area (Å²) in [5, 5.41) is 16.7. The van der Waals surface area contributed by atoms with Crippen LogP contribution in [0.2, 0.25) is 0 Å². The lowest BCUT2D eigenvalue weighted by atomic mass is 10.1. The number of amides is 1. The summed E-state index contributed by atoms with van der Waals surface area (Å²) in [6.45, 7) is 5.81. The zero-order valence-electron chi connectivity index (χ0n) is 11.2. The van der Waals surface area contributed by atoms with E-state index in [1.807, 2.05) is 0 Å². The number of nitrogens with one attached hydrogen (secondary N) is 2. The summed E-state index contributed by atoms with van der Waals surface area (Å²) in [5.41, 5.74) is 0.829. The van der Waals surface area contributed by atoms with Crippen LogP contribution in [0.1, 0.15) is 29.3 Å². The van der Waals surface area contributed by atoms with E-state index in [9.17, 15) is 14.9 Å². The predicted octanol–water partition coefficient (Wildman–Crippen LogP) is 1.63. The highest BCUT2D eigenvalue weighted by molar-refractivity contribution is 5.94. The molecule has 1 amide bonds. The maximum absolute atomic E-state index is 11.8. The normalized spacial score (nSPS) is 10.2. The molecule has 0 radical (unpaired) electrons. The zero-order valence-corrected chi connectivity index (χ0v) is 11.2. The van der Waals surface area contributed by atoms with Crippen molar-refractivity contribution in [3.63, 3.8) is 0 Å². The Bertz CT molecular complexity index is 460. The maximum atomic E-state index is 11.8. The fourth-order valence-electron chi connectivity index (χ4n) is 1.62. The van der Waals surface area contributed by atoms with E-state index >= 15 is 0 Å². The molecule has 0 bridgehead atoms. The van der Waals surface area contributed by atoms with Crippen molar-refractivity contribution in [2.45, 2.75) is 20.3 Å². The Kier molecular flexibility index (Phi) is 5.95. The number of nitro groups is 1. The number of carbonyl (C=O) groups is 1. The molecule has 2 N–H and O–H groups in total. The molecule has 0 heterocycles. The largest absolute Gasteiger partial charge is 0.351 e. The lowest BCUT2D eigenvalue weighted by molar-refractivity contribution is -0.385. The molecule has 104 valence electrons. The highest BCUT2D eigenvalue weighted by Crippen LogP contribution is 2.18. The van der Waals surface area contributed by atoms with Gasteiger partial charge in [-0.2, -0.15) is 0 Å². The van der Waals surface area contributed by atoms with Gasteiger partial charge in [0.25, 0.3) is 11.6 Å². The Balaban J connectivity index is 2.57. The highest BCUT2D eigenvalue weighted by atomic mass is 16.6. The standard InChI is InChI=1S/C13H19N3O3/c1-3-6-14-7-8-15-13(17)11-5-4-10(2)12(9-11)16(18)19/h4-5,9,14H,3,6-8H2,1-2H3,(H,15,17). The first-order valence-corrected chi connectivity index (χ1v) is 6.30. The van der Waals surface area contributed by atoms with E-state index < -0.39 is 4.92 Å². The van der Waals surface area contributed by atoms with Crippen molar-refractivity contribution >= 4 is 11.6 Å². The number of nitrogens with zero attached hydrogens (tertiary/aromatic N) is 1. The van der Waals surface area contributed by atoms with E-state index in [1.54, 1.807) is 19.1 Å². The van der Waals surface area contributed by atoms with Crippen LogP contribution in [-0.4, -0.2) is 30.5 Å². The van der Waals surface area contributed by atoms with E-state index in [1.165, 1.54) is 6.07 Å². The molecule has 0 aromatic heterocycles. The topological polar surface area (TPSA) is 84.3 Å². The molecular weight excluding hydrogens is 246 g/mol. The second kappa shape index (κ2) is 7.48. The molecule has 1 rings (SSSR count). The third-order valence-corrected chi connectivity index (χ3v) is 2.68. The molecule has 0 atom stereocenters. The molecule has 1 aromatic rings. The Morgan fingerprint density at radius 2 is 2.05 bits per heavy atom. The van der Waals surface area contributed by atoms with Crippen LogP contribution in [0.3, 0.4) is 0 Å². The molecule has 0 aliphatic heterocycles. The van der Waals surface area contributed by atoms with E-state index in [0.29, 0.717) is 24.2 Å². The van der Waals surface area contributed by atoms with Gasteiger partial charge >= 0.3 is 0 Å². The first kappa shape index (κ1) is 15.1. The molecule has 0 unspecified atom stereocenters. The van der Waals surface area contributed by atoms with E-state index in [2.05, 4.69) is 17.6 Å². The second-order valence-corrected chi connectivity index (χ2v) is 4.26. The second-order valence-electron chi connectivity index (χ2n) is 4.26. The van der Waals surface area contributed by atoms with Crippen LogP contribution in [0, 0.1) is 17.0 Å². The summed E-state index contributed by atoms with van der Waals surface area (Å²) in [5.74, 6) is -0.290. The fourth-order valence-corrected chi connectivity index (χ4v) is 1.62. The quantitative estimate of drug-likeness (QED) is 0.446. The summed E-state index contributed by atoms with van der Waals surface area (Å²) in [6.07, 6.45) is 1.04. The smallest absolute Gasteiger partial charge is 0.273 e. The van der Waals surface area contributed by atoms with Gasteiger partial charge in [-0.25, -0.2) is 0 Å². The van der Waals surface area contributed by atoms with Gasteiger partial charge in [-0.1, -0.05) is 13.0 Å². The van der Waals surface area contributed by atoms with Crippen LogP contribution in [0.25, 0.3) is 0 Å². The van der Waals surface area contributed by atoms with Gasteiger partial charge in [-0.15, -0.1) is 0 Å². The third kappa shape index (κ3) is 4.67. The number of carbonyl (C=O) groups excluding carboxylic acids is 1. The maximum Gasteiger partial charge on any atom is 0.273 e. The first-order valence-electron chi connectivity index (χ1n) is 6.30. The molecule has 0 spiro atoms. The average molecular weight is 265 g/mol. The SMILES string of the molecule is CCCNCCNC(=O)c1ccc(C)c([N+](=O)[O-])c1. The number of rotatable bonds is 7. The zero-order chi connectivity index (χ0) is 14.3. The van der Waals surface area contributed by atoms with Crippen LogP contribution in [0.4, 0.5) is 5.69 Å². The summed E-state index contributed by atoms with van der Waals surface area (Å²) in [4.78, 5) is 22.1. The van der Waals surface area contributed by atoms with Crippen molar-refractivity contribution in [1.82, 2.24) is 10.6 Å². The van der Waals surface area contributed by atoms with Crippen molar-refractivity contribution < 1.29 is 9.72 Å². The van der Waals surface area contributed by atoms with Crippen molar-refractivity contribution in [3.05, 3.63) is 39.4 Å². The summed E-state index contributed by atoms with van der Waals surface area (Å²) in [6, 6.07) is 4.49. The Morgan fingerprint density at radius 1 is 1.32 bits per heavy atom. The Hall–Kier alpha value is -1.95. The van der Waals surface area contributed by atoms with Crippen molar-refractivity contribution in [2.75, 3.05) is 19.6 Å². The Labute approximate surface area is 112 Å². The minimum atomic E-state index is -0.477. The van der Waals surface area contributed by atoms with Crippen LogP contribution < -0.4 is 10.6 Å². The summed E-state index contributed by atoms with van der Waals surface area (Å²) >= 11 is 0. The molecule has 6 heteroatoms. The van der Waals surface area contributed by atoms with Gasteiger partial charge in [-0.05, 0) is 26.0 Å². The van der Waals surface area contributed by atoms with Gasteiger partial charge in [0.05, 0.1) is 4.92 Å². The summed E-state index contributed by atoms with van der Waals surface area (Å²) < 4.78 is 0. The minimum Gasteiger partial charge on any atom is -0.351 e. The van der Waals surface area contributed by atoms with E-state index in [4.69, 9.17) is 0 Å². The predicted molar refractivity (Wildman–Crippen MR) is 73.3 cm³/mol. The molecule has 1 aromatic carbocycles. The molecule has 6 nitrogen and oxygen atoms in total. The lowest BCUT2D eigenvalue weighted by Gasteiger charge is -2.06. The van der Waals surface area contributed by atoms with Crippen LogP contribution in [0.15, 0.2) is 18.2 Å². The minimum absolute atomic E-state index is 0.0308. The number of aryl methyl sites for hydroxylation is 1. The molecule has 0 aliphatic carbocycles. The van der Waals surface area contributed by atoms with E-state index in [0.717, 1.165) is 13.0 Å². The van der Waals surface area contributed by atoms with Gasteiger partial charge in [0.15, 0.2) is 0 Å². The van der Waals surface area contributed by atoms with Gasteiger partial charge in [-0.3, -0.25) is 14.9 Å². The number of hydrogen-bond acceptors (Lipinski definition) is 4. The average Bonchev–Trinajstić information content (AvgIpc) is 2.38. The van der Waals surface area contributed by atoms with Crippen molar-refractivity contribution in [2.24, 2.45) is 0 Å². The molecule has 19 heavy (non-hydrogen) atoms. The Morgan fingerprint density at radius 3 is 2.68 bits per heavy atom. The van der Waals surface area contributed by atoms with Gasteiger partial charge in [0.2, 0.25) is 0 Å². The first-order chi connectivity index (χ1) is 9.06. The molecule has 0 saturated heterocycles. The van der Waals surface area contributed by atoms with Crippen LogP contribution in [-0.2, 0) is 0 Å². The van der Waals surface area contributed by atoms with Gasteiger partial charge < -0.3 is 10.6 Å². The summed E-state index contributed by atoms with van der Waals surface area (Å²) in [7, 11) is 0. The number of nitro benzene ring substituents is 1. The number of hydrogen-bond donors (Lipinski definition) is 2. The van der Waals surface area contributed by atoms with Crippen molar-refractivity contribution in [3.8, 4) is 0 Å². The fraction of sp³-hybridized carbons (Fsp3) is 0.462. The van der Waals surface area contributed by atoms with Gasteiger partial charge in [0.1, 0.15) is 0 Å². The third-order valence-electron chi connectivity index (χ3n) is 2.68. The monoisotopic (exact) mass is 265 g/mol. The lowest BCUT2D eigenvalue weighted by Crippen LogP contribution is -2.32. The van der Waals surface area contributed by atoms with Crippen molar-refractivity contribution in [1.29, 1.82) is 0 Å². The molecule has 0 fully saturated rings. The molecule has 0 aliphatic rings.